The molecular formula is C30H40BrN3O6S. The Morgan fingerprint density at radius 3 is 2.71 bits per heavy atom. The van der Waals surface area contributed by atoms with Gasteiger partial charge in [-0.2, -0.15) is 0 Å². The van der Waals surface area contributed by atoms with E-state index in [4.69, 9.17) is 9.47 Å². The van der Waals surface area contributed by atoms with Gasteiger partial charge in [0.2, 0.25) is 11.8 Å². The number of likely N-dealkylation sites (tertiary alicyclic amines) is 1. The standard InChI is InChI=1S/C30H40BrN3O6S/c1-3-10-33(12-11-32-13-15-39-16-14-32)28(37)26-30-18-22(31)25(41-30)23(29(38)40-4-2)24(30)27(36)34(26)21(19-35)17-20-8-6-5-7-9-20/h3,5-9,21-26,35H,1,4,10-19H2,2H3/t21-,22?,23-,24+,25-,26?,30?/m1/s1. The third-order valence-corrected chi connectivity index (χ3v) is 12.1. The molecule has 0 radical (unpaired) electrons. The Labute approximate surface area is 254 Å². The fourth-order valence-corrected chi connectivity index (χ4v) is 10.7. The number of nitrogens with zero attached hydrogens (tertiary/aromatic N) is 3. The second-order valence-corrected chi connectivity index (χ2v) is 13.9. The van der Waals surface area contributed by atoms with Crippen molar-refractivity contribution in [1.29, 1.82) is 0 Å². The van der Waals surface area contributed by atoms with Gasteiger partial charge in [0.1, 0.15) is 6.04 Å². The maximum absolute atomic E-state index is 14.7. The van der Waals surface area contributed by atoms with Gasteiger partial charge in [0.15, 0.2) is 0 Å². The molecule has 7 atom stereocenters. The number of aliphatic hydroxyl groups is 1. The van der Waals surface area contributed by atoms with Crippen LogP contribution in [0.15, 0.2) is 43.0 Å². The van der Waals surface area contributed by atoms with Crippen LogP contribution in [0.2, 0.25) is 0 Å². The van der Waals surface area contributed by atoms with Crippen molar-refractivity contribution < 1.29 is 29.0 Å². The highest BCUT2D eigenvalue weighted by molar-refractivity contribution is 9.09. The fourth-order valence-electron chi connectivity index (χ4n) is 7.09. The van der Waals surface area contributed by atoms with Crippen LogP contribution in [0.4, 0.5) is 0 Å². The molecular weight excluding hydrogens is 610 g/mol. The fraction of sp³-hybridized carbons (Fsp3) is 0.633. The van der Waals surface area contributed by atoms with Crippen molar-refractivity contribution in [3.63, 3.8) is 0 Å². The molecule has 5 rings (SSSR count). The highest BCUT2D eigenvalue weighted by Crippen LogP contribution is 2.68. The smallest absolute Gasteiger partial charge is 0.310 e. The highest BCUT2D eigenvalue weighted by atomic mass is 79.9. The SMILES string of the molecule is C=CCN(CCN1CCOCC1)C(=O)C1N([C@@H](CO)Cc2ccccc2)C(=O)[C@@H]2[C@@H](C(=O)OCC)[C@@H]3SC12CC3Br. The number of benzene rings is 1. The minimum atomic E-state index is -0.819. The first kappa shape index (κ1) is 30.5. The Balaban J connectivity index is 1.51. The number of amides is 2. The number of hydrogen-bond acceptors (Lipinski definition) is 8. The summed E-state index contributed by atoms with van der Waals surface area (Å²) in [4.78, 5) is 48.1. The van der Waals surface area contributed by atoms with Crippen LogP contribution in [-0.4, -0.2) is 124 Å². The molecule has 1 aromatic carbocycles. The molecule has 1 spiro atoms. The van der Waals surface area contributed by atoms with E-state index >= 15 is 0 Å². The monoisotopic (exact) mass is 649 g/mol. The Kier molecular flexibility index (Phi) is 9.80. The minimum absolute atomic E-state index is 0.0379. The summed E-state index contributed by atoms with van der Waals surface area (Å²) in [6.07, 6.45) is 2.70. The average Bonchev–Trinajstić information content (AvgIpc) is 3.58. The number of alkyl halides is 1. The van der Waals surface area contributed by atoms with Gasteiger partial charge in [-0.05, 0) is 25.3 Å². The van der Waals surface area contributed by atoms with Crippen LogP contribution in [0, 0.1) is 11.8 Å². The second-order valence-electron chi connectivity index (χ2n) is 11.2. The van der Waals surface area contributed by atoms with Gasteiger partial charge >= 0.3 is 5.97 Å². The average molecular weight is 651 g/mol. The van der Waals surface area contributed by atoms with E-state index < -0.39 is 28.7 Å². The van der Waals surface area contributed by atoms with E-state index in [9.17, 15) is 19.5 Å². The third kappa shape index (κ3) is 5.72. The Morgan fingerprint density at radius 1 is 1.32 bits per heavy atom. The second kappa shape index (κ2) is 13.2. The Morgan fingerprint density at radius 2 is 2.05 bits per heavy atom. The quantitative estimate of drug-likeness (QED) is 0.209. The molecule has 9 nitrogen and oxygen atoms in total. The summed E-state index contributed by atoms with van der Waals surface area (Å²) in [6, 6.07) is 8.26. The lowest BCUT2D eigenvalue weighted by Gasteiger charge is -2.40. The van der Waals surface area contributed by atoms with Crippen LogP contribution < -0.4 is 0 Å². The van der Waals surface area contributed by atoms with Crippen molar-refractivity contribution in [3.05, 3.63) is 48.6 Å². The van der Waals surface area contributed by atoms with Crippen LogP contribution in [0.1, 0.15) is 18.9 Å². The Hall–Kier alpha value is -1.92. The summed E-state index contributed by atoms with van der Waals surface area (Å²) < 4.78 is 10.2. The van der Waals surface area contributed by atoms with E-state index in [0.717, 1.165) is 18.7 Å². The zero-order chi connectivity index (χ0) is 29.1. The van der Waals surface area contributed by atoms with Gasteiger partial charge in [-0.15, -0.1) is 18.3 Å². The molecule has 0 aliphatic carbocycles. The van der Waals surface area contributed by atoms with Crippen LogP contribution in [0.25, 0.3) is 0 Å². The molecule has 0 aromatic heterocycles. The molecule has 4 aliphatic heterocycles. The number of rotatable bonds is 12. The van der Waals surface area contributed by atoms with E-state index in [-0.39, 0.29) is 41.1 Å². The molecule has 4 fully saturated rings. The number of fused-ring (bicyclic) bond motifs is 1. The molecule has 4 saturated heterocycles. The summed E-state index contributed by atoms with van der Waals surface area (Å²) >= 11 is 5.38. The number of esters is 1. The molecule has 1 aromatic rings. The number of halogens is 1. The van der Waals surface area contributed by atoms with E-state index in [2.05, 4.69) is 27.4 Å². The van der Waals surface area contributed by atoms with Gasteiger partial charge in [0.25, 0.3) is 0 Å². The van der Waals surface area contributed by atoms with E-state index in [1.807, 2.05) is 30.3 Å². The normalized spacial score (nSPS) is 31.6. The first-order chi connectivity index (χ1) is 19.9. The summed E-state index contributed by atoms with van der Waals surface area (Å²) in [5.74, 6) is -2.12. The molecule has 11 heteroatoms. The van der Waals surface area contributed by atoms with Gasteiger partial charge in [-0.3, -0.25) is 19.3 Å². The van der Waals surface area contributed by atoms with Crippen molar-refractivity contribution in [2.24, 2.45) is 11.8 Å². The minimum Gasteiger partial charge on any atom is -0.466 e. The zero-order valence-corrected chi connectivity index (χ0v) is 25.9. The van der Waals surface area contributed by atoms with Crippen LogP contribution >= 0.6 is 27.7 Å². The topological polar surface area (TPSA) is 99.6 Å². The van der Waals surface area contributed by atoms with E-state index in [1.54, 1.807) is 34.6 Å². The summed E-state index contributed by atoms with van der Waals surface area (Å²) in [7, 11) is 0. The molecule has 1 N–H and O–H groups in total. The van der Waals surface area contributed by atoms with Crippen molar-refractivity contribution in [3.8, 4) is 0 Å². The van der Waals surface area contributed by atoms with Crippen molar-refractivity contribution >= 4 is 45.5 Å². The van der Waals surface area contributed by atoms with E-state index in [0.29, 0.717) is 45.7 Å². The van der Waals surface area contributed by atoms with Gasteiger partial charge in [0.05, 0.1) is 49.1 Å². The lowest BCUT2D eigenvalue weighted by atomic mass is 9.71. The number of carbonyl (C=O) groups is 3. The first-order valence-electron chi connectivity index (χ1n) is 14.5. The number of carbonyl (C=O) groups excluding carboxylic acids is 3. The first-order valence-corrected chi connectivity index (χ1v) is 16.3. The van der Waals surface area contributed by atoms with Crippen molar-refractivity contribution in [2.45, 2.75) is 46.7 Å². The van der Waals surface area contributed by atoms with Gasteiger partial charge in [-0.25, -0.2) is 0 Å². The number of morpholine rings is 1. The highest BCUT2D eigenvalue weighted by Gasteiger charge is 2.76. The predicted molar refractivity (Wildman–Crippen MR) is 161 cm³/mol. The molecule has 224 valence electrons. The maximum atomic E-state index is 14.7. The summed E-state index contributed by atoms with van der Waals surface area (Å²) in [5.41, 5.74) is 0.965. The molecule has 4 aliphatic rings. The largest absolute Gasteiger partial charge is 0.466 e. The molecule has 41 heavy (non-hydrogen) atoms. The van der Waals surface area contributed by atoms with Gasteiger partial charge in [-0.1, -0.05) is 52.3 Å². The number of hydrogen-bond donors (Lipinski definition) is 1. The number of ether oxygens (including phenoxy) is 2. The molecule has 3 unspecified atom stereocenters. The number of aliphatic hydroxyl groups excluding tert-OH is 1. The summed E-state index contributed by atoms with van der Waals surface area (Å²) in [6.45, 7) is 10.1. The van der Waals surface area contributed by atoms with Gasteiger partial charge in [0, 0.05) is 42.8 Å². The third-order valence-electron chi connectivity index (χ3n) is 8.89. The number of thioether (sulfide) groups is 1. The van der Waals surface area contributed by atoms with Crippen LogP contribution in [0.5, 0.6) is 0 Å². The maximum Gasteiger partial charge on any atom is 0.310 e. The van der Waals surface area contributed by atoms with Crippen LogP contribution in [0.3, 0.4) is 0 Å². The predicted octanol–water partition coefficient (Wildman–Crippen LogP) is 1.96. The van der Waals surface area contributed by atoms with Gasteiger partial charge < -0.3 is 24.4 Å². The molecule has 0 saturated carbocycles. The van der Waals surface area contributed by atoms with E-state index in [1.165, 1.54) is 0 Å². The van der Waals surface area contributed by atoms with Crippen molar-refractivity contribution in [1.82, 2.24) is 14.7 Å². The van der Waals surface area contributed by atoms with Crippen molar-refractivity contribution in [2.75, 3.05) is 59.2 Å². The molecule has 4 heterocycles. The molecule has 2 amide bonds. The molecule has 2 bridgehead atoms. The lowest BCUT2D eigenvalue weighted by Crippen LogP contribution is -2.59. The zero-order valence-electron chi connectivity index (χ0n) is 23.5. The summed E-state index contributed by atoms with van der Waals surface area (Å²) in [5, 5.41) is 10.5. The lowest BCUT2D eigenvalue weighted by molar-refractivity contribution is -0.154. The van der Waals surface area contributed by atoms with Crippen LogP contribution in [-0.2, 0) is 30.3 Å². The Bertz CT molecular complexity index is 1120.